The van der Waals surface area contributed by atoms with Crippen LogP contribution in [0.1, 0.15) is 84.4 Å². The van der Waals surface area contributed by atoms with E-state index in [1.807, 2.05) is 36.4 Å². The Morgan fingerprint density at radius 3 is 2.21 bits per heavy atom. The molecule has 3 rings (SSSR count). The number of anilines is 1. The number of hydrogen-bond acceptors (Lipinski definition) is 5. The first-order valence-corrected chi connectivity index (χ1v) is 13.4. The molecule has 7 nitrogen and oxygen atoms in total. The van der Waals surface area contributed by atoms with E-state index in [1.54, 1.807) is 41.5 Å². The fourth-order valence-electron chi connectivity index (χ4n) is 3.77. The van der Waals surface area contributed by atoms with Crippen LogP contribution in [0.4, 0.5) is 15.5 Å². The normalized spacial score (nSPS) is 11.4. The van der Waals surface area contributed by atoms with Gasteiger partial charge in [0.15, 0.2) is 0 Å². The Balaban J connectivity index is 1.89. The monoisotopic (exact) mass is 529 g/mol. The van der Waals surface area contributed by atoms with Gasteiger partial charge in [-0.3, -0.25) is 5.32 Å². The lowest BCUT2D eigenvalue weighted by atomic mass is 10.0. The fourth-order valence-corrected chi connectivity index (χ4v) is 3.77. The Morgan fingerprint density at radius 1 is 0.897 bits per heavy atom. The highest BCUT2D eigenvalue weighted by atomic mass is 16.6. The number of benzene rings is 2. The molecule has 0 saturated carbocycles. The average Bonchev–Trinajstić information content (AvgIpc) is 3.25. The van der Waals surface area contributed by atoms with E-state index in [-0.39, 0.29) is 5.95 Å². The fraction of sp³-hybridized carbons (Fsp3) is 0.406. The van der Waals surface area contributed by atoms with Gasteiger partial charge in [-0.1, -0.05) is 55.9 Å². The maximum absolute atomic E-state index is 13.2. The standard InChI is InChI=1S/C32H39N3O4/c1-8-9-10-12-23-15-17-24(18-16-23)19-20-25-13-11-14-26(21-25)27-22-33-28(34-29(36)38-31(2,3)4)35(27)30(37)39-32(5,6)7/h11,13-18,21-22H,8-10,12H2,1-7H3,(H,33,34,36). The lowest BCUT2D eigenvalue weighted by molar-refractivity contribution is 0.0542. The van der Waals surface area contributed by atoms with Crippen LogP contribution in [0.25, 0.3) is 11.3 Å². The molecule has 1 amide bonds. The Labute approximate surface area is 231 Å². The van der Waals surface area contributed by atoms with Gasteiger partial charge in [0.1, 0.15) is 11.2 Å². The summed E-state index contributed by atoms with van der Waals surface area (Å²) >= 11 is 0. The summed E-state index contributed by atoms with van der Waals surface area (Å²) in [4.78, 5) is 29.9. The number of nitrogens with zero attached hydrogens (tertiary/aromatic N) is 2. The number of aryl methyl sites for hydroxylation is 1. The second-order valence-corrected chi connectivity index (χ2v) is 11.4. The number of aromatic nitrogens is 2. The highest BCUT2D eigenvalue weighted by molar-refractivity contribution is 5.89. The molecule has 1 N–H and O–H groups in total. The van der Waals surface area contributed by atoms with E-state index in [0.29, 0.717) is 11.3 Å². The molecule has 0 atom stereocenters. The second-order valence-electron chi connectivity index (χ2n) is 11.4. The van der Waals surface area contributed by atoms with Gasteiger partial charge >= 0.3 is 12.2 Å². The molecular weight excluding hydrogens is 490 g/mol. The Kier molecular flexibility index (Phi) is 9.58. The van der Waals surface area contributed by atoms with Gasteiger partial charge in [0, 0.05) is 16.7 Å². The molecule has 0 spiro atoms. The summed E-state index contributed by atoms with van der Waals surface area (Å²) in [7, 11) is 0. The molecule has 7 heteroatoms. The van der Waals surface area contributed by atoms with Crippen molar-refractivity contribution in [1.29, 1.82) is 0 Å². The van der Waals surface area contributed by atoms with Crippen molar-refractivity contribution in [2.45, 2.75) is 85.4 Å². The predicted octanol–water partition coefficient (Wildman–Crippen LogP) is 7.81. The number of carbonyl (C=O) groups excluding carboxylic acids is 2. The number of nitrogens with one attached hydrogen (secondary N) is 1. The first-order valence-electron chi connectivity index (χ1n) is 13.4. The summed E-state index contributed by atoms with van der Waals surface area (Å²) in [6, 6.07) is 15.9. The van der Waals surface area contributed by atoms with Crippen molar-refractivity contribution in [3.05, 3.63) is 71.4 Å². The van der Waals surface area contributed by atoms with Gasteiger partial charge in [0.25, 0.3) is 0 Å². The third-order valence-corrected chi connectivity index (χ3v) is 5.48. The van der Waals surface area contributed by atoms with Gasteiger partial charge in [-0.25, -0.2) is 19.1 Å². The molecule has 0 aliphatic carbocycles. The lowest BCUT2D eigenvalue weighted by Gasteiger charge is -2.22. The van der Waals surface area contributed by atoms with Gasteiger partial charge in [-0.05, 0) is 84.2 Å². The molecule has 1 aromatic heterocycles. The minimum Gasteiger partial charge on any atom is -0.444 e. The van der Waals surface area contributed by atoms with Gasteiger partial charge in [0.2, 0.25) is 5.95 Å². The van der Waals surface area contributed by atoms with E-state index in [9.17, 15) is 9.59 Å². The van der Waals surface area contributed by atoms with Crippen molar-refractivity contribution in [2.24, 2.45) is 0 Å². The maximum atomic E-state index is 13.2. The molecule has 0 aliphatic rings. The van der Waals surface area contributed by atoms with Crippen molar-refractivity contribution < 1.29 is 19.1 Å². The first-order chi connectivity index (χ1) is 18.3. The van der Waals surface area contributed by atoms with Crippen molar-refractivity contribution in [3.8, 4) is 23.1 Å². The average molecular weight is 530 g/mol. The van der Waals surface area contributed by atoms with Gasteiger partial charge in [-0.15, -0.1) is 0 Å². The van der Waals surface area contributed by atoms with E-state index in [2.05, 4.69) is 41.2 Å². The number of amides is 1. The summed E-state index contributed by atoms with van der Waals surface area (Å²) in [6.45, 7) is 12.8. The highest BCUT2D eigenvalue weighted by Gasteiger charge is 2.26. The van der Waals surface area contributed by atoms with E-state index in [0.717, 1.165) is 17.5 Å². The van der Waals surface area contributed by atoms with Crippen LogP contribution in [0, 0.1) is 11.8 Å². The molecule has 206 valence electrons. The van der Waals surface area contributed by atoms with E-state index in [4.69, 9.17) is 9.47 Å². The smallest absolute Gasteiger partial charge is 0.421 e. The number of imidazole rings is 1. The van der Waals surface area contributed by atoms with Crippen LogP contribution in [0.3, 0.4) is 0 Å². The van der Waals surface area contributed by atoms with Crippen LogP contribution in [0.5, 0.6) is 0 Å². The van der Waals surface area contributed by atoms with E-state index >= 15 is 0 Å². The molecule has 39 heavy (non-hydrogen) atoms. The third kappa shape index (κ3) is 9.33. The summed E-state index contributed by atoms with van der Waals surface area (Å²) < 4.78 is 12.2. The zero-order chi connectivity index (χ0) is 28.6. The Bertz CT molecular complexity index is 1350. The quantitative estimate of drug-likeness (QED) is 0.260. The highest BCUT2D eigenvalue weighted by Crippen LogP contribution is 2.26. The molecule has 0 bridgehead atoms. The van der Waals surface area contributed by atoms with Crippen molar-refractivity contribution in [1.82, 2.24) is 9.55 Å². The maximum Gasteiger partial charge on any atom is 0.421 e. The van der Waals surface area contributed by atoms with Crippen LogP contribution in [-0.4, -0.2) is 32.9 Å². The van der Waals surface area contributed by atoms with Gasteiger partial charge < -0.3 is 9.47 Å². The van der Waals surface area contributed by atoms with Crippen LogP contribution in [0.15, 0.2) is 54.7 Å². The molecule has 1 heterocycles. The molecule has 2 aromatic carbocycles. The minimum absolute atomic E-state index is 0.00372. The second kappa shape index (κ2) is 12.7. The Morgan fingerprint density at radius 2 is 1.56 bits per heavy atom. The number of carbonyl (C=O) groups is 2. The van der Waals surface area contributed by atoms with Crippen molar-refractivity contribution in [3.63, 3.8) is 0 Å². The molecule has 0 aliphatic heterocycles. The number of unbranched alkanes of at least 4 members (excludes halogenated alkanes) is 2. The minimum atomic E-state index is -0.749. The van der Waals surface area contributed by atoms with Crippen LogP contribution in [-0.2, 0) is 15.9 Å². The number of hydrogen-bond donors (Lipinski definition) is 1. The van der Waals surface area contributed by atoms with Crippen LogP contribution >= 0.6 is 0 Å². The predicted molar refractivity (Wildman–Crippen MR) is 155 cm³/mol. The first kappa shape index (κ1) is 29.5. The van der Waals surface area contributed by atoms with Crippen molar-refractivity contribution in [2.75, 3.05) is 5.32 Å². The van der Waals surface area contributed by atoms with Gasteiger partial charge in [-0.2, -0.15) is 0 Å². The van der Waals surface area contributed by atoms with Gasteiger partial charge in [0.05, 0.1) is 11.9 Å². The van der Waals surface area contributed by atoms with Crippen molar-refractivity contribution >= 4 is 18.1 Å². The SMILES string of the molecule is CCCCCc1ccc(C#Cc2cccc(-c3cnc(NC(=O)OC(C)(C)C)n3C(=O)OC(C)(C)C)c2)cc1. The molecule has 0 fully saturated rings. The molecule has 0 radical (unpaired) electrons. The summed E-state index contributed by atoms with van der Waals surface area (Å²) in [5.41, 5.74) is 2.72. The zero-order valence-corrected chi connectivity index (χ0v) is 24.1. The number of rotatable bonds is 6. The summed E-state index contributed by atoms with van der Waals surface area (Å²) in [5.74, 6) is 6.43. The topological polar surface area (TPSA) is 82.5 Å². The zero-order valence-electron chi connectivity index (χ0n) is 24.1. The third-order valence-electron chi connectivity index (χ3n) is 5.48. The molecule has 0 unspecified atom stereocenters. The van der Waals surface area contributed by atoms with Crippen LogP contribution in [0.2, 0.25) is 0 Å². The lowest BCUT2D eigenvalue weighted by Crippen LogP contribution is -2.31. The van der Waals surface area contributed by atoms with E-state index in [1.165, 1.54) is 35.6 Å². The molecule has 3 aromatic rings. The molecule has 0 saturated heterocycles. The Hall–Kier alpha value is -4.05. The largest absolute Gasteiger partial charge is 0.444 e. The summed E-state index contributed by atoms with van der Waals surface area (Å²) in [5, 5.41) is 2.57. The molecular formula is C32H39N3O4. The van der Waals surface area contributed by atoms with Crippen LogP contribution < -0.4 is 5.32 Å². The van der Waals surface area contributed by atoms with E-state index < -0.39 is 23.4 Å². The summed E-state index contributed by atoms with van der Waals surface area (Å²) in [6.07, 6.45) is 4.85. The number of ether oxygens (including phenoxy) is 2.